The molecule has 1 aliphatic rings. The van der Waals surface area contributed by atoms with Gasteiger partial charge in [0.1, 0.15) is 17.5 Å². The van der Waals surface area contributed by atoms with E-state index in [1.54, 1.807) is 0 Å². The van der Waals surface area contributed by atoms with Crippen LogP contribution in [-0.2, 0) is 0 Å². The second-order valence-corrected chi connectivity index (χ2v) is 6.42. The van der Waals surface area contributed by atoms with Gasteiger partial charge in [-0.25, -0.2) is 9.97 Å². The fourth-order valence-electron chi connectivity index (χ4n) is 2.61. The largest absolute Gasteiger partial charge is 0.367 e. The Morgan fingerprint density at radius 1 is 1.09 bits per heavy atom. The smallest absolute Gasteiger partial charge is 0.136 e. The van der Waals surface area contributed by atoms with Crippen molar-refractivity contribution in [2.45, 2.75) is 52.5 Å². The Kier molecular flexibility index (Phi) is 4.01. The van der Waals surface area contributed by atoms with Crippen LogP contribution < -0.4 is 10.6 Å². The summed E-state index contributed by atoms with van der Waals surface area (Å²) in [6, 6.07) is 9.01. The lowest BCUT2D eigenvalue weighted by Crippen LogP contribution is -2.07. The maximum atomic E-state index is 4.54. The van der Waals surface area contributed by atoms with E-state index < -0.39 is 0 Å². The molecule has 1 aromatic carbocycles. The molecule has 1 aliphatic carbocycles. The van der Waals surface area contributed by atoms with E-state index >= 15 is 0 Å². The standard InChI is InChI=1S/C18H24N4/c1-11(2)15-7-5-6-12(3)18(15)22-17-10-16(19-13(4)20-17)21-14-8-9-14/h5-7,10-11,14H,8-9H2,1-4H3,(H2,19,20,21,22). The average molecular weight is 296 g/mol. The van der Waals surface area contributed by atoms with Gasteiger partial charge in [0.15, 0.2) is 0 Å². The van der Waals surface area contributed by atoms with Crippen LogP contribution in [0.15, 0.2) is 24.3 Å². The zero-order valence-electron chi connectivity index (χ0n) is 13.8. The third-order valence-corrected chi connectivity index (χ3v) is 3.95. The highest BCUT2D eigenvalue weighted by molar-refractivity contribution is 5.67. The molecule has 4 nitrogen and oxygen atoms in total. The maximum absolute atomic E-state index is 4.54. The molecule has 0 unspecified atom stereocenters. The molecule has 2 N–H and O–H groups in total. The second-order valence-electron chi connectivity index (χ2n) is 6.42. The first-order chi connectivity index (χ1) is 10.5. The summed E-state index contributed by atoms with van der Waals surface area (Å²) in [4.78, 5) is 9.01. The van der Waals surface area contributed by atoms with Crippen molar-refractivity contribution in [2.24, 2.45) is 0 Å². The number of nitrogens with zero attached hydrogens (tertiary/aromatic N) is 2. The molecule has 0 bridgehead atoms. The zero-order valence-corrected chi connectivity index (χ0v) is 13.8. The molecule has 4 heteroatoms. The molecule has 0 amide bonds. The molecule has 0 aliphatic heterocycles. The molecule has 2 aromatic rings. The Bertz CT molecular complexity index is 675. The molecule has 22 heavy (non-hydrogen) atoms. The summed E-state index contributed by atoms with van der Waals surface area (Å²) in [7, 11) is 0. The van der Waals surface area contributed by atoms with Crippen LogP contribution in [0.3, 0.4) is 0 Å². The van der Waals surface area contributed by atoms with Crippen LogP contribution in [0.2, 0.25) is 0 Å². The van der Waals surface area contributed by atoms with Crippen molar-refractivity contribution >= 4 is 17.3 Å². The van der Waals surface area contributed by atoms with Gasteiger partial charge in [-0.15, -0.1) is 0 Å². The normalized spacial score (nSPS) is 14.2. The Morgan fingerprint density at radius 3 is 2.50 bits per heavy atom. The van der Waals surface area contributed by atoms with Gasteiger partial charge in [0.05, 0.1) is 0 Å². The molecular formula is C18H24N4. The van der Waals surface area contributed by atoms with Crippen LogP contribution in [-0.4, -0.2) is 16.0 Å². The molecule has 0 saturated heterocycles. The van der Waals surface area contributed by atoms with Crippen LogP contribution in [0.5, 0.6) is 0 Å². The predicted octanol–water partition coefficient (Wildman–Crippen LogP) is 4.53. The number of hydrogen-bond acceptors (Lipinski definition) is 4. The van der Waals surface area contributed by atoms with E-state index in [4.69, 9.17) is 0 Å². The first kappa shape index (κ1) is 14.8. The first-order valence-corrected chi connectivity index (χ1v) is 8.01. The van der Waals surface area contributed by atoms with Crippen LogP contribution in [0, 0.1) is 13.8 Å². The molecule has 0 radical (unpaired) electrons. The zero-order chi connectivity index (χ0) is 15.7. The molecule has 3 rings (SSSR count). The summed E-state index contributed by atoms with van der Waals surface area (Å²) in [6.45, 7) is 8.49. The highest BCUT2D eigenvalue weighted by Gasteiger charge is 2.21. The number of nitrogens with one attached hydrogen (secondary N) is 2. The summed E-state index contributed by atoms with van der Waals surface area (Å²) in [5.74, 6) is 3.02. The predicted molar refractivity (Wildman–Crippen MR) is 92.0 cm³/mol. The summed E-state index contributed by atoms with van der Waals surface area (Å²) in [5, 5.41) is 6.95. The topological polar surface area (TPSA) is 49.8 Å². The van der Waals surface area contributed by atoms with Gasteiger partial charge in [0.2, 0.25) is 0 Å². The van der Waals surface area contributed by atoms with Crippen LogP contribution in [0.1, 0.15) is 49.6 Å². The second kappa shape index (κ2) is 5.95. The Labute approximate surface area is 132 Å². The van der Waals surface area contributed by atoms with Gasteiger partial charge in [-0.1, -0.05) is 32.0 Å². The Balaban J connectivity index is 1.91. The van der Waals surface area contributed by atoms with Gasteiger partial charge < -0.3 is 10.6 Å². The SMILES string of the molecule is Cc1nc(Nc2c(C)cccc2C(C)C)cc(NC2CC2)n1. The number of hydrogen-bond donors (Lipinski definition) is 2. The van der Waals surface area contributed by atoms with E-state index in [1.807, 2.05) is 13.0 Å². The van der Waals surface area contributed by atoms with E-state index in [-0.39, 0.29) is 0 Å². The summed E-state index contributed by atoms with van der Waals surface area (Å²) in [5.41, 5.74) is 3.71. The van der Waals surface area contributed by atoms with Crippen molar-refractivity contribution in [1.82, 2.24) is 9.97 Å². The van der Waals surface area contributed by atoms with Gasteiger partial charge in [0.25, 0.3) is 0 Å². The average Bonchev–Trinajstić information content (AvgIpc) is 3.24. The molecule has 1 heterocycles. The number of anilines is 3. The van der Waals surface area contributed by atoms with Crippen molar-refractivity contribution < 1.29 is 0 Å². The molecule has 1 saturated carbocycles. The molecular weight excluding hydrogens is 272 g/mol. The lowest BCUT2D eigenvalue weighted by Gasteiger charge is -2.17. The van der Waals surface area contributed by atoms with E-state index in [9.17, 15) is 0 Å². The summed E-state index contributed by atoms with van der Waals surface area (Å²) >= 11 is 0. The third-order valence-electron chi connectivity index (χ3n) is 3.95. The minimum absolute atomic E-state index is 0.467. The minimum atomic E-state index is 0.467. The van der Waals surface area contributed by atoms with Crippen LogP contribution >= 0.6 is 0 Å². The van der Waals surface area contributed by atoms with Crippen molar-refractivity contribution in [1.29, 1.82) is 0 Å². The molecule has 1 fully saturated rings. The number of para-hydroxylation sites is 1. The monoisotopic (exact) mass is 296 g/mol. The third kappa shape index (κ3) is 3.38. The van der Waals surface area contributed by atoms with Gasteiger partial charge in [0, 0.05) is 17.8 Å². The fourth-order valence-corrected chi connectivity index (χ4v) is 2.61. The molecule has 1 aromatic heterocycles. The minimum Gasteiger partial charge on any atom is -0.367 e. The summed E-state index contributed by atoms with van der Waals surface area (Å²) in [6.07, 6.45) is 2.47. The number of rotatable bonds is 5. The fraction of sp³-hybridized carbons (Fsp3) is 0.444. The Morgan fingerprint density at radius 2 is 1.82 bits per heavy atom. The lowest BCUT2D eigenvalue weighted by atomic mass is 9.98. The van der Waals surface area contributed by atoms with E-state index in [2.05, 4.69) is 59.6 Å². The van der Waals surface area contributed by atoms with Crippen LogP contribution in [0.4, 0.5) is 17.3 Å². The number of benzene rings is 1. The van der Waals surface area contributed by atoms with E-state index in [0.29, 0.717) is 12.0 Å². The quantitative estimate of drug-likeness (QED) is 0.850. The maximum Gasteiger partial charge on any atom is 0.136 e. The van der Waals surface area contributed by atoms with E-state index in [0.717, 1.165) is 23.1 Å². The molecule has 0 spiro atoms. The highest BCUT2D eigenvalue weighted by Crippen LogP contribution is 2.31. The molecule has 0 atom stereocenters. The highest BCUT2D eigenvalue weighted by atomic mass is 15.1. The van der Waals surface area contributed by atoms with E-state index in [1.165, 1.54) is 24.0 Å². The first-order valence-electron chi connectivity index (χ1n) is 8.01. The summed E-state index contributed by atoms with van der Waals surface area (Å²) < 4.78 is 0. The van der Waals surface area contributed by atoms with Crippen molar-refractivity contribution in [2.75, 3.05) is 10.6 Å². The van der Waals surface area contributed by atoms with Crippen molar-refractivity contribution in [3.8, 4) is 0 Å². The molecule has 116 valence electrons. The number of aryl methyl sites for hydroxylation is 2. The van der Waals surface area contributed by atoms with Gasteiger partial charge >= 0.3 is 0 Å². The van der Waals surface area contributed by atoms with Gasteiger partial charge in [-0.05, 0) is 43.7 Å². The Hall–Kier alpha value is -2.10. The number of aromatic nitrogens is 2. The lowest BCUT2D eigenvalue weighted by molar-refractivity contribution is 0.867. The van der Waals surface area contributed by atoms with Crippen molar-refractivity contribution in [3.63, 3.8) is 0 Å². The van der Waals surface area contributed by atoms with Crippen molar-refractivity contribution in [3.05, 3.63) is 41.2 Å². The van der Waals surface area contributed by atoms with Crippen LogP contribution in [0.25, 0.3) is 0 Å². The van der Waals surface area contributed by atoms with Gasteiger partial charge in [-0.3, -0.25) is 0 Å². The van der Waals surface area contributed by atoms with Gasteiger partial charge in [-0.2, -0.15) is 0 Å².